The summed E-state index contributed by atoms with van der Waals surface area (Å²) in [7, 11) is 0. The smallest absolute Gasteiger partial charge is 0.265 e. The van der Waals surface area contributed by atoms with E-state index < -0.39 is 5.56 Å². The topological polar surface area (TPSA) is 119 Å². The number of thioether (sulfide) groups is 1. The van der Waals surface area contributed by atoms with Crippen molar-refractivity contribution >= 4 is 22.5 Å². The number of nitrogens with zero attached hydrogens (tertiary/aromatic N) is 4. The van der Waals surface area contributed by atoms with E-state index in [2.05, 4.69) is 6.07 Å². The van der Waals surface area contributed by atoms with Crippen molar-refractivity contribution in [2.75, 3.05) is 5.73 Å². The highest BCUT2D eigenvalue weighted by Crippen LogP contribution is 2.35. The van der Waals surface area contributed by atoms with E-state index in [1.807, 2.05) is 42.5 Å². The molecule has 0 aliphatic carbocycles. The van der Waals surface area contributed by atoms with Crippen molar-refractivity contribution in [3.05, 3.63) is 98.8 Å². The maximum atomic E-state index is 13.6. The molecule has 0 spiro atoms. The van der Waals surface area contributed by atoms with Crippen LogP contribution in [0.15, 0.2) is 71.0 Å². The van der Waals surface area contributed by atoms with Crippen LogP contribution in [0.2, 0.25) is 0 Å². The third kappa shape index (κ3) is 4.21. The lowest BCUT2D eigenvalue weighted by atomic mass is 10.0. The van der Waals surface area contributed by atoms with Crippen molar-refractivity contribution in [2.24, 2.45) is 0 Å². The Labute approximate surface area is 184 Å². The van der Waals surface area contributed by atoms with Gasteiger partial charge in [0.05, 0.1) is 16.8 Å². The van der Waals surface area contributed by atoms with Gasteiger partial charge < -0.3 is 5.73 Å². The zero-order valence-corrected chi connectivity index (χ0v) is 17.5. The van der Waals surface area contributed by atoms with Crippen LogP contribution in [0.4, 0.5) is 5.82 Å². The Kier molecular flexibility index (Phi) is 6.58. The van der Waals surface area contributed by atoms with Crippen LogP contribution in [0, 0.1) is 40.9 Å². The van der Waals surface area contributed by atoms with Crippen LogP contribution in [-0.4, -0.2) is 4.57 Å². The minimum Gasteiger partial charge on any atom is -0.384 e. The van der Waals surface area contributed by atoms with Gasteiger partial charge in [-0.15, -0.1) is 11.8 Å². The van der Waals surface area contributed by atoms with Gasteiger partial charge >= 0.3 is 0 Å². The molecule has 7 heteroatoms. The van der Waals surface area contributed by atoms with Crippen molar-refractivity contribution in [2.45, 2.75) is 12.7 Å². The largest absolute Gasteiger partial charge is 0.384 e. The molecule has 1 heterocycles. The lowest BCUT2D eigenvalue weighted by Crippen LogP contribution is -2.27. The first kappa shape index (κ1) is 21.5. The number of para-hydroxylation sites is 1. The predicted octanol–water partition coefficient (Wildman–Crippen LogP) is 4.29. The number of hydrogen-bond donors (Lipinski definition) is 1. The predicted molar refractivity (Wildman–Crippen MR) is 122 cm³/mol. The summed E-state index contributed by atoms with van der Waals surface area (Å²) in [5, 5.41) is 28.9. The van der Waals surface area contributed by atoms with Gasteiger partial charge in [-0.1, -0.05) is 48.5 Å². The fourth-order valence-electron chi connectivity index (χ4n) is 3.18. The van der Waals surface area contributed by atoms with E-state index in [4.69, 9.17) is 5.73 Å². The molecule has 0 amide bonds. The van der Waals surface area contributed by atoms with Crippen LogP contribution >= 0.6 is 11.8 Å². The molecule has 0 saturated carbocycles. The van der Waals surface area contributed by atoms with Crippen LogP contribution in [0.1, 0.15) is 22.3 Å². The van der Waals surface area contributed by atoms with Gasteiger partial charge in [-0.3, -0.25) is 9.36 Å². The molecule has 0 fully saturated rings. The fourth-order valence-corrected chi connectivity index (χ4v) is 4.30. The third-order valence-electron chi connectivity index (χ3n) is 4.69. The van der Waals surface area contributed by atoms with E-state index in [-0.39, 0.29) is 27.4 Å². The second-order valence-electron chi connectivity index (χ2n) is 6.55. The lowest BCUT2D eigenvalue weighted by molar-refractivity contribution is 0.983. The molecule has 0 radical (unpaired) electrons. The van der Waals surface area contributed by atoms with E-state index in [1.54, 1.807) is 37.3 Å². The Morgan fingerprint density at radius 1 is 1.00 bits per heavy atom. The summed E-state index contributed by atoms with van der Waals surface area (Å²) in [6.45, 7) is 1.61. The molecule has 6 nitrogen and oxygen atoms in total. The zero-order chi connectivity index (χ0) is 22.4. The van der Waals surface area contributed by atoms with Gasteiger partial charge in [0.15, 0.2) is 0 Å². The third-order valence-corrected chi connectivity index (χ3v) is 5.87. The van der Waals surface area contributed by atoms with Gasteiger partial charge in [0.25, 0.3) is 5.56 Å². The number of allylic oxidation sites excluding steroid dienone is 1. The highest BCUT2D eigenvalue weighted by Gasteiger charge is 2.24. The number of nitriles is 3. The van der Waals surface area contributed by atoms with Crippen LogP contribution in [0.3, 0.4) is 0 Å². The van der Waals surface area contributed by atoms with E-state index in [0.717, 1.165) is 5.56 Å². The van der Waals surface area contributed by atoms with Gasteiger partial charge in [0, 0.05) is 10.7 Å². The summed E-state index contributed by atoms with van der Waals surface area (Å²) in [6, 6.07) is 24.1. The summed E-state index contributed by atoms with van der Waals surface area (Å²) >= 11 is 1.21. The summed E-state index contributed by atoms with van der Waals surface area (Å²) in [4.78, 5) is 13.8. The van der Waals surface area contributed by atoms with E-state index in [1.165, 1.54) is 16.3 Å². The number of hydrogen-bond acceptors (Lipinski definition) is 6. The van der Waals surface area contributed by atoms with Crippen molar-refractivity contribution in [1.29, 1.82) is 15.8 Å². The summed E-state index contributed by atoms with van der Waals surface area (Å²) < 4.78 is 1.25. The van der Waals surface area contributed by atoms with Gasteiger partial charge in [-0.2, -0.15) is 15.8 Å². The van der Waals surface area contributed by atoms with Gasteiger partial charge in [0.1, 0.15) is 29.6 Å². The Balaban J connectivity index is 2.31. The standard InChI is InChI=1S/C24H17N5OS/c1-16-20(14-27)23(28)29(19-10-6-3-7-11-19)24(30)21(16)22(18(12-25)13-26)31-15-17-8-4-2-5-9-17/h2-11H,15,28H2,1H3. The molecule has 2 aromatic carbocycles. The Morgan fingerprint density at radius 2 is 1.58 bits per heavy atom. The lowest BCUT2D eigenvalue weighted by Gasteiger charge is -2.18. The first-order valence-electron chi connectivity index (χ1n) is 9.25. The number of aromatic nitrogens is 1. The van der Waals surface area contributed by atoms with Gasteiger partial charge in [0.2, 0.25) is 0 Å². The molecule has 3 rings (SSSR count). The monoisotopic (exact) mass is 423 g/mol. The normalized spacial score (nSPS) is 9.87. The molecule has 0 aliphatic rings. The van der Waals surface area contributed by atoms with Crippen molar-refractivity contribution in [3.8, 4) is 23.9 Å². The summed E-state index contributed by atoms with van der Waals surface area (Å²) in [5.41, 5.74) is 7.59. The number of nitrogens with two attached hydrogens (primary N) is 1. The van der Waals surface area contributed by atoms with E-state index in [9.17, 15) is 20.6 Å². The maximum Gasteiger partial charge on any atom is 0.265 e. The second kappa shape index (κ2) is 9.50. The molecule has 1 aromatic heterocycles. The second-order valence-corrected chi connectivity index (χ2v) is 7.54. The summed E-state index contributed by atoms with van der Waals surface area (Å²) in [6.07, 6.45) is 0. The first-order valence-corrected chi connectivity index (χ1v) is 10.2. The average Bonchev–Trinajstić information content (AvgIpc) is 2.79. The number of pyridine rings is 1. The molecule has 0 aliphatic heterocycles. The molecule has 150 valence electrons. The highest BCUT2D eigenvalue weighted by molar-refractivity contribution is 8.07. The van der Waals surface area contributed by atoms with Crippen LogP contribution in [0.25, 0.3) is 10.6 Å². The molecule has 0 saturated heterocycles. The van der Waals surface area contributed by atoms with E-state index >= 15 is 0 Å². The minimum atomic E-state index is -0.487. The summed E-state index contributed by atoms with van der Waals surface area (Å²) in [5.74, 6) is 0.460. The molecular weight excluding hydrogens is 406 g/mol. The molecule has 0 atom stereocenters. The average molecular weight is 424 g/mol. The van der Waals surface area contributed by atoms with Crippen LogP contribution in [0.5, 0.6) is 0 Å². The number of rotatable bonds is 5. The molecule has 3 aromatic rings. The Morgan fingerprint density at radius 3 is 2.13 bits per heavy atom. The molecular formula is C24H17N5OS. The zero-order valence-electron chi connectivity index (χ0n) is 16.7. The molecule has 0 bridgehead atoms. The number of nitrogen functional groups attached to an aromatic ring is 1. The molecule has 2 N–H and O–H groups in total. The van der Waals surface area contributed by atoms with Crippen LogP contribution in [-0.2, 0) is 5.75 Å². The quantitative estimate of drug-likeness (QED) is 0.611. The van der Waals surface area contributed by atoms with Crippen molar-refractivity contribution < 1.29 is 0 Å². The Bertz CT molecular complexity index is 1320. The molecule has 31 heavy (non-hydrogen) atoms. The van der Waals surface area contributed by atoms with E-state index in [0.29, 0.717) is 17.0 Å². The van der Waals surface area contributed by atoms with Crippen LogP contribution < -0.4 is 11.3 Å². The Hall–Kier alpha value is -4.25. The highest BCUT2D eigenvalue weighted by atomic mass is 32.2. The SMILES string of the molecule is Cc1c(C#N)c(N)n(-c2ccccc2)c(=O)c1C(SCc1ccccc1)=C(C#N)C#N. The van der Waals surface area contributed by atoms with Gasteiger partial charge in [-0.25, -0.2) is 0 Å². The number of anilines is 1. The van der Waals surface area contributed by atoms with Crippen molar-refractivity contribution in [3.63, 3.8) is 0 Å². The van der Waals surface area contributed by atoms with Gasteiger partial charge in [-0.05, 0) is 30.2 Å². The number of benzene rings is 2. The minimum absolute atomic E-state index is 0.0165. The molecule has 0 unspecified atom stereocenters. The van der Waals surface area contributed by atoms with Crippen molar-refractivity contribution in [1.82, 2.24) is 4.57 Å². The fraction of sp³-hybridized carbons (Fsp3) is 0.0833. The first-order chi connectivity index (χ1) is 15.0. The maximum absolute atomic E-state index is 13.6.